The molecular weight excluding hydrogens is 264 g/mol. The van der Waals surface area contributed by atoms with Crippen LogP contribution in [0.5, 0.6) is 0 Å². The molecule has 0 saturated heterocycles. The van der Waals surface area contributed by atoms with E-state index >= 15 is 0 Å². The number of fused-ring (bicyclic) bond motifs is 1. The zero-order valence-electron chi connectivity index (χ0n) is 13.2. The number of carbonyl (C=O) groups excluding carboxylic acids is 1. The van der Waals surface area contributed by atoms with Crippen molar-refractivity contribution in [3.05, 3.63) is 23.3 Å². The van der Waals surface area contributed by atoms with E-state index in [2.05, 4.69) is 51.4 Å². The second-order valence-corrected chi connectivity index (χ2v) is 18.0. The van der Waals surface area contributed by atoms with Gasteiger partial charge in [0.1, 0.15) is 0 Å². The first kappa shape index (κ1) is 14.7. The van der Waals surface area contributed by atoms with Crippen LogP contribution in [0.4, 0.5) is 0 Å². The lowest BCUT2D eigenvalue weighted by Gasteiger charge is -2.29. The highest BCUT2D eigenvalue weighted by Crippen LogP contribution is 2.22. The molecular formula is C16H26OSi2. The van der Waals surface area contributed by atoms with E-state index in [0.717, 1.165) is 24.8 Å². The van der Waals surface area contributed by atoms with Crippen molar-refractivity contribution in [3.63, 3.8) is 0 Å². The minimum atomic E-state index is -1.46. The predicted molar refractivity (Wildman–Crippen MR) is 89.7 cm³/mol. The Morgan fingerprint density at radius 1 is 0.895 bits per heavy atom. The van der Waals surface area contributed by atoms with Crippen LogP contribution < -0.4 is 10.4 Å². The summed E-state index contributed by atoms with van der Waals surface area (Å²) in [4.78, 5) is 12.3. The Hall–Kier alpha value is -0.676. The van der Waals surface area contributed by atoms with Gasteiger partial charge in [-0.2, -0.15) is 0 Å². The Morgan fingerprint density at radius 3 is 2.05 bits per heavy atom. The van der Waals surface area contributed by atoms with Gasteiger partial charge in [-0.3, -0.25) is 4.79 Å². The number of rotatable bonds is 2. The number of aryl methyl sites for hydroxylation is 1. The van der Waals surface area contributed by atoms with Gasteiger partial charge in [0.2, 0.25) is 0 Å². The van der Waals surface area contributed by atoms with Gasteiger partial charge in [-0.1, -0.05) is 56.6 Å². The first-order valence-corrected chi connectivity index (χ1v) is 14.3. The maximum atomic E-state index is 12.3. The number of ketones is 1. The lowest BCUT2D eigenvalue weighted by Crippen LogP contribution is -2.48. The molecule has 0 spiro atoms. The maximum absolute atomic E-state index is 12.3. The molecule has 0 heterocycles. The second kappa shape index (κ2) is 4.70. The number of hydrogen-bond donors (Lipinski definition) is 0. The van der Waals surface area contributed by atoms with E-state index < -0.39 is 16.1 Å². The highest BCUT2D eigenvalue weighted by atomic mass is 28.3. The van der Waals surface area contributed by atoms with Crippen molar-refractivity contribution in [1.29, 1.82) is 0 Å². The van der Waals surface area contributed by atoms with Crippen LogP contribution in [0.15, 0.2) is 12.1 Å². The van der Waals surface area contributed by atoms with E-state index in [4.69, 9.17) is 0 Å². The minimum Gasteiger partial charge on any atom is -0.294 e. The summed E-state index contributed by atoms with van der Waals surface area (Å²) in [5.74, 6) is 0.390. The Bertz CT molecular complexity index is 519. The van der Waals surface area contributed by atoms with Crippen LogP contribution in [0.1, 0.15) is 28.8 Å². The normalized spacial score (nSPS) is 16.4. The van der Waals surface area contributed by atoms with Crippen LogP contribution in [-0.2, 0) is 6.42 Å². The zero-order chi connectivity index (χ0) is 14.4. The summed E-state index contributed by atoms with van der Waals surface area (Å²) in [6, 6.07) is 4.74. The molecule has 1 aromatic carbocycles. The minimum absolute atomic E-state index is 0.390. The second-order valence-electron chi connectivity index (χ2n) is 7.83. The molecule has 0 unspecified atom stereocenters. The number of hydrogen-bond acceptors (Lipinski definition) is 1. The Kier molecular flexibility index (Phi) is 3.65. The monoisotopic (exact) mass is 290 g/mol. The molecule has 0 amide bonds. The number of Topliss-reactive ketones (excluding diaryl/α,β-unsaturated/α-hetero) is 1. The summed E-state index contributed by atoms with van der Waals surface area (Å²) in [7, 11) is -2.78. The van der Waals surface area contributed by atoms with Crippen molar-refractivity contribution < 1.29 is 4.79 Å². The van der Waals surface area contributed by atoms with Crippen molar-refractivity contribution >= 4 is 32.3 Å². The fraction of sp³-hybridized carbons (Fsp3) is 0.562. The first-order chi connectivity index (χ1) is 8.60. The number of benzene rings is 1. The van der Waals surface area contributed by atoms with Crippen LogP contribution >= 0.6 is 0 Å². The SMILES string of the molecule is C[Si](C)(C)c1cc2c(c([Si](C)(C)C)c1)C(=O)CCC2. The standard InChI is InChI=1S/C16H26OSi2/c1-18(2,3)13-10-12-8-7-9-14(17)16(12)15(11-13)19(4,5)6/h10-11H,7-9H2,1-6H3. The van der Waals surface area contributed by atoms with Gasteiger partial charge in [0, 0.05) is 12.0 Å². The maximum Gasteiger partial charge on any atom is 0.163 e. The summed E-state index contributed by atoms with van der Waals surface area (Å²) in [5.41, 5.74) is 2.45. The molecule has 0 atom stereocenters. The van der Waals surface area contributed by atoms with E-state index in [1.807, 2.05) is 0 Å². The molecule has 1 nitrogen and oxygen atoms in total. The summed E-state index contributed by atoms with van der Waals surface area (Å²) < 4.78 is 0. The first-order valence-electron chi connectivity index (χ1n) is 7.32. The molecule has 0 aliphatic heterocycles. The molecule has 0 radical (unpaired) electrons. The Morgan fingerprint density at radius 2 is 1.53 bits per heavy atom. The smallest absolute Gasteiger partial charge is 0.163 e. The van der Waals surface area contributed by atoms with Gasteiger partial charge in [0.05, 0.1) is 16.1 Å². The van der Waals surface area contributed by atoms with Gasteiger partial charge < -0.3 is 0 Å². The molecule has 19 heavy (non-hydrogen) atoms. The zero-order valence-corrected chi connectivity index (χ0v) is 15.2. The van der Waals surface area contributed by atoms with Gasteiger partial charge in [-0.15, -0.1) is 0 Å². The third-order valence-corrected chi connectivity index (χ3v) is 8.05. The van der Waals surface area contributed by atoms with Crippen molar-refractivity contribution in [2.24, 2.45) is 0 Å². The van der Waals surface area contributed by atoms with Crippen molar-refractivity contribution in [1.82, 2.24) is 0 Å². The lowest BCUT2D eigenvalue weighted by molar-refractivity contribution is 0.0973. The van der Waals surface area contributed by atoms with Gasteiger partial charge in [0.25, 0.3) is 0 Å². The van der Waals surface area contributed by atoms with Crippen molar-refractivity contribution in [3.8, 4) is 0 Å². The van der Waals surface area contributed by atoms with Crippen LogP contribution in [0.2, 0.25) is 39.3 Å². The van der Waals surface area contributed by atoms with Gasteiger partial charge in [0.15, 0.2) is 5.78 Å². The van der Waals surface area contributed by atoms with E-state index in [1.54, 1.807) is 0 Å². The molecule has 0 bridgehead atoms. The topological polar surface area (TPSA) is 17.1 Å². The van der Waals surface area contributed by atoms with E-state index in [9.17, 15) is 4.79 Å². The van der Waals surface area contributed by atoms with Crippen molar-refractivity contribution in [2.45, 2.75) is 58.5 Å². The molecule has 0 N–H and O–H groups in total. The van der Waals surface area contributed by atoms with Crippen LogP contribution in [0.3, 0.4) is 0 Å². The van der Waals surface area contributed by atoms with Crippen LogP contribution in [0.25, 0.3) is 0 Å². The molecule has 2 rings (SSSR count). The van der Waals surface area contributed by atoms with Gasteiger partial charge in [-0.05, 0) is 23.6 Å². The van der Waals surface area contributed by atoms with Crippen LogP contribution in [0, 0.1) is 0 Å². The summed E-state index contributed by atoms with van der Waals surface area (Å²) in [6.07, 6.45) is 2.87. The Balaban J connectivity index is 2.72. The average molecular weight is 291 g/mol. The molecule has 1 aliphatic carbocycles. The largest absolute Gasteiger partial charge is 0.294 e. The quantitative estimate of drug-likeness (QED) is 0.764. The molecule has 104 valence electrons. The molecule has 0 aromatic heterocycles. The molecule has 0 fully saturated rings. The van der Waals surface area contributed by atoms with Crippen molar-refractivity contribution in [2.75, 3.05) is 0 Å². The summed E-state index contributed by atoms with van der Waals surface area (Å²) >= 11 is 0. The van der Waals surface area contributed by atoms with Gasteiger partial charge >= 0.3 is 0 Å². The van der Waals surface area contributed by atoms with E-state index in [-0.39, 0.29) is 0 Å². The predicted octanol–water partition coefficient (Wildman–Crippen LogP) is 3.30. The van der Waals surface area contributed by atoms with Crippen LogP contribution in [-0.4, -0.2) is 21.9 Å². The molecule has 1 aromatic rings. The average Bonchev–Trinajstić information content (AvgIpc) is 2.25. The lowest BCUT2D eigenvalue weighted by atomic mass is 9.90. The third kappa shape index (κ3) is 2.92. The number of carbonyl (C=O) groups is 1. The fourth-order valence-electron chi connectivity index (χ4n) is 2.82. The molecule has 0 saturated carbocycles. The summed E-state index contributed by atoms with van der Waals surface area (Å²) in [5, 5.41) is 2.94. The van der Waals surface area contributed by atoms with Gasteiger partial charge in [-0.25, -0.2) is 0 Å². The van der Waals surface area contributed by atoms with E-state index in [0.29, 0.717) is 5.78 Å². The summed E-state index contributed by atoms with van der Waals surface area (Å²) in [6.45, 7) is 14.3. The molecule has 3 heteroatoms. The highest BCUT2D eigenvalue weighted by molar-refractivity contribution is 6.92. The molecule has 1 aliphatic rings. The third-order valence-electron chi connectivity index (χ3n) is 4.02. The fourth-order valence-corrected chi connectivity index (χ4v) is 5.78. The Labute approximate surface area is 119 Å². The van der Waals surface area contributed by atoms with E-state index in [1.165, 1.54) is 15.9 Å². The highest BCUT2D eigenvalue weighted by Gasteiger charge is 2.30.